The normalized spacial score (nSPS) is 10.4. The summed E-state index contributed by atoms with van der Waals surface area (Å²) in [5.74, 6) is 0. The van der Waals surface area contributed by atoms with Crippen molar-refractivity contribution in [2.45, 2.75) is 0 Å². The van der Waals surface area contributed by atoms with Gasteiger partial charge in [-0.1, -0.05) is 0 Å². The van der Waals surface area contributed by atoms with Crippen molar-refractivity contribution in [3.8, 4) is 0 Å². The number of hydrogen-bond acceptors (Lipinski definition) is 3. The molecule has 0 amide bonds. The molecule has 0 atom stereocenters. The zero-order valence-corrected chi connectivity index (χ0v) is 5.84. The molecule has 2 aromatic rings. The van der Waals surface area contributed by atoms with Crippen LogP contribution >= 0.6 is 11.3 Å². The van der Waals surface area contributed by atoms with E-state index in [9.17, 15) is 4.79 Å². The maximum Gasteiger partial charge on any atom is 0.258 e. The summed E-state index contributed by atoms with van der Waals surface area (Å²) >= 11 is 1.45. The number of rotatable bonds is 0. The lowest BCUT2D eigenvalue weighted by atomic mass is 10.6. The topological polar surface area (TPSA) is 34.4 Å². The molecule has 0 spiro atoms. The average Bonchev–Trinajstić information content (AvgIpc) is 2.36. The van der Waals surface area contributed by atoms with Crippen molar-refractivity contribution >= 4 is 16.3 Å². The predicted octanol–water partition coefficient (Wildman–Crippen LogP) is 0.756. The molecule has 0 aliphatic heterocycles. The highest BCUT2D eigenvalue weighted by Gasteiger charge is 1.93. The van der Waals surface area contributed by atoms with Gasteiger partial charge in [0.1, 0.15) is 0 Å². The van der Waals surface area contributed by atoms with Gasteiger partial charge in [-0.05, 0) is 0 Å². The first-order valence-corrected chi connectivity index (χ1v) is 3.67. The van der Waals surface area contributed by atoms with Gasteiger partial charge in [-0.15, -0.1) is 11.3 Å². The Balaban J connectivity index is 3.09. The smallest absolute Gasteiger partial charge is 0.258 e. The first kappa shape index (κ1) is 5.61. The Morgan fingerprint density at radius 3 is 3.30 bits per heavy atom. The Bertz CT molecular complexity index is 403. The van der Waals surface area contributed by atoms with Crippen LogP contribution in [-0.4, -0.2) is 9.38 Å². The molecule has 0 saturated heterocycles. The van der Waals surface area contributed by atoms with Crippen molar-refractivity contribution in [3.63, 3.8) is 0 Å². The van der Waals surface area contributed by atoms with Crippen molar-refractivity contribution in [2.75, 3.05) is 0 Å². The van der Waals surface area contributed by atoms with E-state index >= 15 is 0 Å². The molecular weight excluding hydrogens is 148 g/mol. The van der Waals surface area contributed by atoms with Crippen LogP contribution < -0.4 is 5.56 Å². The van der Waals surface area contributed by atoms with Gasteiger partial charge < -0.3 is 0 Å². The molecule has 50 valence electrons. The van der Waals surface area contributed by atoms with Gasteiger partial charge in [0.15, 0.2) is 4.96 Å². The zero-order valence-electron chi connectivity index (χ0n) is 5.02. The van der Waals surface area contributed by atoms with E-state index in [-0.39, 0.29) is 5.56 Å². The molecule has 4 heteroatoms. The van der Waals surface area contributed by atoms with Gasteiger partial charge in [0.25, 0.3) is 5.56 Å². The number of thiazole rings is 1. The fraction of sp³-hybridized carbons (Fsp3) is 0. The van der Waals surface area contributed by atoms with Gasteiger partial charge in [-0.3, -0.25) is 9.20 Å². The molecule has 0 fully saturated rings. The fourth-order valence-corrected chi connectivity index (χ4v) is 1.47. The van der Waals surface area contributed by atoms with Crippen LogP contribution in [0, 0.1) is 0 Å². The van der Waals surface area contributed by atoms with Crippen LogP contribution in [0.3, 0.4) is 0 Å². The van der Waals surface area contributed by atoms with E-state index in [1.54, 1.807) is 6.20 Å². The van der Waals surface area contributed by atoms with Crippen LogP contribution in [0.2, 0.25) is 0 Å². The second-order valence-electron chi connectivity index (χ2n) is 1.84. The van der Waals surface area contributed by atoms with E-state index in [0.717, 1.165) is 4.96 Å². The minimum atomic E-state index is -0.0220. The SMILES string of the molecule is O=c1ccnc2sccn12. The Morgan fingerprint density at radius 2 is 2.50 bits per heavy atom. The van der Waals surface area contributed by atoms with E-state index in [1.807, 2.05) is 5.38 Å². The monoisotopic (exact) mass is 152 g/mol. The first-order chi connectivity index (χ1) is 4.88. The molecule has 0 unspecified atom stereocenters. The maximum absolute atomic E-state index is 11.0. The fourth-order valence-electron chi connectivity index (χ4n) is 0.778. The summed E-state index contributed by atoms with van der Waals surface area (Å²) in [6.45, 7) is 0. The molecule has 0 radical (unpaired) electrons. The highest BCUT2D eigenvalue weighted by Crippen LogP contribution is 2.02. The molecule has 0 aromatic carbocycles. The summed E-state index contributed by atoms with van der Waals surface area (Å²) in [5.41, 5.74) is -0.0220. The van der Waals surface area contributed by atoms with Crippen LogP contribution in [-0.2, 0) is 0 Å². The lowest BCUT2D eigenvalue weighted by Crippen LogP contribution is -2.09. The highest BCUT2D eigenvalue weighted by atomic mass is 32.1. The third kappa shape index (κ3) is 0.657. The minimum absolute atomic E-state index is 0.0220. The summed E-state index contributed by atoms with van der Waals surface area (Å²) in [5, 5.41) is 1.84. The summed E-state index contributed by atoms with van der Waals surface area (Å²) in [4.78, 5) is 15.7. The van der Waals surface area contributed by atoms with Crippen LogP contribution in [0.4, 0.5) is 0 Å². The van der Waals surface area contributed by atoms with E-state index < -0.39 is 0 Å². The van der Waals surface area contributed by atoms with E-state index in [2.05, 4.69) is 4.98 Å². The standard InChI is InChI=1S/C6H4N2OS/c9-5-1-2-7-6-8(5)3-4-10-6/h1-4H. The molecule has 0 saturated carbocycles. The van der Waals surface area contributed by atoms with Gasteiger partial charge in [0, 0.05) is 23.8 Å². The number of aromatic nitrogens is 2. The quantitative estimate of drug-likeness (QED) is 0.558. The highest BCUT2D eigenvalue weighted by molar-refractivity contribution is 7.15. The molecule has 0 bridgehead atoms. The van der Waals surface area contributed by atoms with Gasteiger partial charge in [-0.2, -0.15) is 0 Å². The molecule has 2 rings (SSSR count). The number of nitrogens with zero attached hydrogens (tertiary/aromatic N) is 2. The van der Waals surface area contributed by atoms with Crippen LogP contribution in [0.1, 0.15) is 0 Å². The Kier molecular flexibility index (Phi) is 1.07. The Morgan fingerprint density at radius 1 is 1.60 bits per heavy atom. The molecule has 2 heterocycles. The zero-order chi connectivity index (χ0) is 6.97. The third-order valence-electron chi connectivity index (χ3n) is 1.23. The second kappa shape index (κ2) is 1.91. The minimum Gasteiger partial charge on any atom is -0.269 e. The van der Waals surface area contributed by atoms with Crippen LogP contribution in [0.15, 0.2) is 28.6 Å². The molecule has 3 nitrogen and oxygen atoms in total. The van der Waals surface area contributed by atoms with Gasteiger partial charge >= 0.3 is 0 Å². The predicted molar refractivity (Wildman–Crippen MR) is 39.3 cm³/mol. The Hall–Kier alpha value is -1.16. The molecule has 0 aliphatic rings. The van der Waals surface area contributed by atoms with Gasteiger partial charge in [0.05, 0.1) is 0 Å². The summed E-state index contributed by atoms with van der Waals surface area (Å²) in [6, 6.07) is 1.44. The Labute approximate surface area is 60.6 Å². The third-order valence-corrected chi connectivity index (χ3v) is 2.00. The molecule has 2 aromatic heterocycles. The molecule has 10 heavy (non-hydrogen) atoms. The molecule has 0 N–H and O–H groups in total. The summed E-state index contributed by atoms with van der Waals surface area (Å²) in [7, 11) is 0. The van der Waals surface area contributed by atoms with Gasteiger partial charge in [0.2, 0.25) is 0 Å². The summed E-state index contributed by atoms with van der Waals surface area (Å²) in [6.07, 6.45) is 3.24. The van der Waals surface area contributed by atoms with Gasteiger partial charge in [-0.25, -0.2) is 4.98 Å². The number of hydrogen-bond donors (Lipinski definition) is 0. The van der Waals surface area contributed by atoms with E-state index in [4.69, 9.17) is 0 Å². The van der Waals surface area contributed by atoms with Crippen LogP contribution in [0.5, 0.6) is 0 Å². The van der Waals surface area contributed by atoms with E-state index in [1.165, 1.54) is 28.0 Å². The van der Waals surface area contributed by atoms with Crippen molar-refractivity contribution in [1.29, 1.82) is 0 Å². The molecular formula is C6H4N2OS. The lowest BCUT2D eigenvalue weighted by Gasteiger charge is -1.85. The van der Waals surface area contributed by atoms with Crippen LogP contribution in [0.25, 0.3) is 4.96 Å². The summed E-state index contributed by atoms with van der Waals surface area (Å²) < 4.78 is 1.52. The lowest BCUT2D eigenvalue weighted by molar-refractivity contribution is 1.08. The maximum atomic E-state index is 11.0. The average molecular weight is 152 g/mol. The van der Waals surface area contributed by atoms with Crippen molar-refractivity contribution in [2.24, 2.45) is 0 Å². The molecule has 0 aliphatic carbocycles. The largest absolute Gasteiger partial charge is 0.269 e. The first-order valence-electron chi connectivity index (χ1n) is 2.79. The van der Waals surface area contributed by atoms with Crippen molar-refractivity contribution in [1.82, 2.24) is 9.38 Å². The second-order valence-corrected chi connectivity index (χ2v) is 2.71. The van der Waals surface area contributed by atoms with Crippen molar-refractivity contribution in [3.05, 3.63) is 34.2 Å². The van der Waals surface area contributed by atoms with Crippen molar-refractivity contribution < 1.29 is 0 Å². The number of fused-ring (bicyclic) bond motifs is 1. The van der Waals surface area contributed by atoms with E-state index in [0.29, 0.717) is 0 Å².